The molecule has 0 amide bonds. The fourth-order valence-corrected chi connectivity index (χ4v) is 1.87. The Kier molecular flexibility index (Phi) is 5.39. The van der Waals surface area contributed by atoms with Gasteiger partial charge in [0.15, 0.2) is 0 Å². The van der Waals surface area contributed by atoms with Crippen LogP contribution in [0.25, 0.3) is 0 Å². The molecule has 0 radical (unpaired) electrons. The summed E-state index contributed by atoms with van der Waals surface area (Å²) in [7, 11) is 0. The first-order chi connectivity index (χ1) is 7.69. The van der Waals surface area contributed by atoms with Crippen molar-refractivity contribution >= 4 is 15.9 Å². The van der Waals surface area contributed by atoms with E-state index >= 15 is 0 Å². The van der Waals surface area contributed by atoms with Gasteiger partial charge in [0.05, 0.1) is 6.07 Å². The van der Waals surface area contributed by atoms with Gasteiger partial charge in [0, 0.05) is 11.1 Å². The van der Waals surface area contributed by atoms with Crippen LogP contribution in [0.3, 0.4) is 0 Å². The largest absolute Gasteiger partial charge is 0.396 e. The molecule has 0 heterocycles. The van der Waals surface area contributed by atoms with Gasteiger partial charge < -0.3 is 5.11 Å². The third-order valence-electron chi connectivity index (χ3n) is 2.09. The number of rotatable bonds is 5. The normalized spacial score (nSPS) is 12.1. The fourth-order valence-electron chi connectivity index (χ4n) is 1.29. The van der Waals surface area contributed by atoms with Gasteiger partial charge in [-0.2, -0.15) is 5.26 Å². The highest BCUT2D eigenvalue weighted by atomic mass is 79.9. The van der Waals surface area contributed by atoms with E-state index in [-0.39, 0.29) is 12.4 Å². The zero-order chi connectivity index (χ0) is 12.0. The second kappa shape index (κ2) is 6.59. The predicted molar refractivity (Wildman–Crippen MR) is 62.2 cm³/mol. The second-order valence-electron chi connectivity index (χ2n) is 3.26. The summed E-state index contributed by atoms with van der Waals surface area (Å²) in [5.74, 6) is -0.345. The van der Waals surface area contributed by atoms with E-state index in [0.717, 1.165) is 0 Å². The number of nitriles is 1. The second-order valence-corrected chi connectivity index (χ2v) is 4.11. The summed E-state index contributed by atoms with van der Waals surface area (Å²) in [6.45, 7) is 0.619. The molecule has 0 aliphatic rings. The van der Waals surface area contributed by atoms with Crippen LogP contribution in [0.5, 0.6) is 0 Å². The van der Waals surface area contributed by atoms with E-state index in [0.29, 0.717) is 23.0 Å². The molecule has 2 N–H and O–H groups in total. The molecule has 0 aromatic heterocycles. The highest BCUT2D eigenvalue weighted by Crippen LogP contribution is 2.23. The maximum atomic E-state index is 12.9. The summed E-state index contributed by atoms with van der Waals surface area (Å²) < 4.78 is 13.4. The van der Waals surface area contributed by atoms with Gasteiger partial charge in [0.2, 0.25) is 0 Å². The van der Waals surface area contributed by atoms with Crippen LogP contribution >= 0.6 is 15.9 Å². The molecule has 0 saturated heterocycles. The van der Waals surface area contributed by atoms with Crippen LogP contribution in [-0.4, -0.2) is 18.3 Å². The Labute approximate surface area is 102 Å². The van der Waals surface area contributed by atoms with Crippen molar-refractivity contribution in [2.24, 2.45) is 0 Å². The number of hydrogen-bond acceptors (Lipinski definition) is 3. The molecule has 0 fully saturated rings. The third kappa shape index (κ3) is 3.56. The van der Waals surface area contributed by atoms with Gasteiger partial charge in [-0.1, -0.05) is 22.0 Å². The van der Waals surface area contributed by atoms with Gasteiger partial charge in [0.1, 0.15) is 11.9 Å². The summed E-state index contributed by atoms with van der Waals surface area (Å²) in [6.07, 6.45) is 0.580. The van der Waals surface area contributed by atoms with Gasteiger partial charge in [-0.15, -0.1) is 0 Å². The van der Waals surface area contributed by atoms with E-state index in [1.807, 2.05) is 0 Å². The Morgan fingerprint density at radius 3 is 2.88 bits per heavy atom. The lowest BCUT2D eigenvalue weighted by Crippen LogP contribution is -2.22. The molecule has 1 aromatic rings. The average Bonchev–Trinajstić information content (AvgIpc) is 2.26. The van der Waals surface area contributed by atoms with Gasteiger partial charge in [-0.25, -0.2) is 4.39 Å². The fraction of sp³-hybridized carbons (Fsp3) is 0.364. The van der Waals surface area contributed by atoms with Crippen LogP contribution in [0.1, 0.15) is 18.0 Å². The van der Waals surface area contributed by atoms with Gasteiger partial charge >= 0.3 is 0 Å². The SMILES string of the molecule is N#CC(NCCCO)c1ccc(F)cc1Br. The van der Waals surface area contributed by atoms with Crippen LogP contribution in [0.4, 0.5) is 4.39 Å². The molecule has 1 rings (SSSR count). The number of nitrogens with zero attached hydrogens (tertiary/aromatic N) is 1. The van der Waals surface area contributed by atoms with Gasteiger partial charge in [-0.3, -0.25) is 5.32 Å². The summed E-state index contributed by atoms with van der Waals surface area (Å²) in [6, 6.07) is 5.81. The monoisotopic (exact) mass is 286 g/mol. The summed E-state index contributed by atoms with van der Waals surface area (Å²) >= 11 is 3.22. The lowest BCUT2D eigenvalue weighted by Gasteiger charge is -2.13. The van der Waals surface area contributed by atoms with Crippen molar-refractivity contribution in [2.45, 2.75) is 12.5 Å². The Morgan fingerprint density at radius 2 is 2.31 bits per heavy atom. The lowest BCUT2D eigenvalue weighted by atomic mass is 10.1. The van der Waals surface area contributed by atoms with E-state index in [4.69, 9.17) is 10.4 Å². The number of benzene rings is 1. The van der Waals surface area contributed by atoms with Crippen LogP contribution in [0, 0.1) is 17.1 Å². The minimum absolute atomic E-state index is 0.0791. The molecule has 16 heavy (non-hydrogen) atoms. The smallest absolute Gasteiger partial charge is 0.124 e. The van der Waals surface area contributed by atoms with Crippen molar-refractivity contribution < 1.29 is 9.50 Å². The average molecular weight is 287 g/mol. The molecule has 1 atom stereocenters. The highest BCUT2D eigenvalue weighted by molar-refractivity contribution is 9.10. The number of hydrogen-bond donors (Lipinski definition) is 2. The first kappa shape index (κ1) is 13.1. The molecule has 0 saturated carbocycles. The molecule has 1 unspecified atom stereocenters. The first-order valence-corrected chi connectivity index (χ1v) is 5.67. The maximum absolute atomic E-state index is 12.9. The molecule has 0 aliphatic heterocycles. The Balaban J connectivity index is 2.76. The zero-order valence-electron chi connectivity index (χ0n) is 8.58. The lowest BCUT2D eigenvalue weighted by molar-refractivity contribution is 0.285. The van der Waals surface area contributed by atoms with E-state index < -0.39 is 6.04 Å². The molecule has 3 nitrogen and oxygen atoms in total. The van der Waals surface area contributed by atoms with Gasteiger partial charge in [-0.05, 0) is 30.7 Å². The van der Waals surface area contributed by atoms with Crippen molar-refractivity contribution in [3.63, 3.8) is 0 Å². The van der Waals surface area contributed by atoms with Crippen molar-refractivity contribution in [1.82, 2.24) is 5.32 Å². The van der Waals surface area contributed by atoms with Crippen LogP contribution in [0.15, 0.2) is 22.7 Å². The minimum Gasteiger partial charge on any atom is -0.396 e. The number of halogens is 2. The van der Waals surface area contributed by atoms with E-state index in [2.05, 4.69) is 27.3 Å². The Hall–Kier alpha value is -0.960. The topological polar surface area (TPSA) is 56.0 Å². The molecule has 0 spiro atoms. The summed E-state index contributed by atoms with van der Waals surface area (Å²) in [5, 5.41) is 20.6. The maximum Gasteiger partial charge on any atom is 0.124 e. The Morgan fingerprint density at radius 1 is 1.56 bits per heavy atom. The molecule has 0 aliphatic carbocycles. The summed E-state index contributed by atoms with van der Waals surface area (Å²) in [4.78, 5) is 0. The third-order valence-corrected chi connectivity index (χ3v) is 2.77. The van der Waals surface area contributed by atoms with Crippen LogP contribution < -0.4 is 5.32 Å². The standard InChI is InChI=1S/C11H12BrFN2O/c12-10-6-8(13)2-3-9(10)11(7-14)15-4-1-5-16/h2-3,6,11,15-16H,1,4-5H2. The molecule has 5 heteroatoms. The zero-order valence-corrected chi connectivity index (χ0v) is 10.2. The van der Waals surface area contributed by atoms with E-state index in [1.54, 1.807) is 6.07 Å². The molecular weight excluding hydrogens is 275 g/mol. The van der Waals surface area contributed by atoms with Crippen LogP contribution in [-0.2, 0) is 0 Å². The Bertz CT molecular complexity index is 392. The first-order valence-electron chi connectivity index (χ1n) is 4.88. The highest BCUT2D eigenvalue weighted by Gasteiger charge is 2.13. The van der Waals surface area contributed by atoms with Gasteiger partial charge in [0.25, 0.3) is 0 Å². The van der Waals surface area contributed by atoms with E-state index in [9.17, 15) is 4.39 Å². The van der Waals surface area contributed by atoms with Crippen molar-refractivity contribution in [1.29, 1.82) is 5.26 Å². The van der Waals surface area contributed by atoms with Crippen molar-refractivity contribution in [2.75, 3.05) is 13.2 Å². The number of nitrogens with one attached hydrogen (secondary N) is 1. The van der Waals surface area contributed by atoms with Crippen LogP contribution in [0.2, 0.25) is 0 Å². The summed E-state index contributed by atoms with van der Waals surface area (Å²) in [5.41, 5.74) is 0.696. The number of aliphatic hydroxyl groups excluding tert-OH is 1. The van der Waals surface area contributed by atoms with Crippen molar-refractivity contribution in [3.05, 3.63) is 34.1 Å². The quantitative estimate of drug-likeness (QED) is 0.816. The van der Waals surface area contributed by atoms with Crippen molar-refractivity contribution in [3.8, 4) is 6.07 Å². The van der Waals surface area contributed by atoms with E-state index in [1.165, 1.54) is 12.1 Å². The molecular formula is C11H12BrFN2O. The molecule has 1 aromatic carbocycles. The minimum atomic E-state index is -0.499. The predicted octanol–water partition coefficient (Wildman–Crippen LogP) is 2.12. The molecule has 0 bridgehead atoms. The number of aliphatic hydroxyl groups is 1. The molecule has 86 valence electrons.